The van der Waals surface area contributed by atoms with E-state index in [9.17, 15) is 9.59 Å². The van der Waals surface area contributed by atoms with Crippen LogP contribution < -0.4 is 10.6 Å². The van der Waals surface area contributed by atoms with E-state index in [1.165, 1.54) is 0 Å². The van der Waals surface area contributed by atoms with E-state index in [4.69, 9.17) is 5.11 Å². The number of carbonyl (C=O) groups excluding carboxylic acids is 2. The summed E-state index contributed by atoms with van der Waals surface area (Å²) in [7, 11) is 0. The Kier molecular flexibility index (Phi) is 1.82. The summed E-state index contributed by atoms with van der Waals surface area (Å²) in [5.41, 5.74) is -0.898. The third kappa shape index (κ3) is 1.37. The molecular weight excluding hydrogens is 184 g/mol. The highest BCUT2D eigenvalue weighted by Gasteiger charge is 2.58. The van der Waals surface area contributed by atoms with Crippen molar-refractivity contribution in [1.29, 1.82) is 0 Å². The van der Waals surface area contributed by atoms with Crippen molar-refractivity contribution in [2.75, 3.05) is 6.61 Å². The standard InChI is InChI=1S/C9H14N2O3/c1-8(10-6(13)4-12)5-9(2-3-9)11-7(8)14/h12H,2-5H2,1H3,(H,10,13)(H,11,14). The first-order valence-corrected chi connectivity index (χ1v) is 4.74. The van der Waals surface area contributed by atoms with Crippen LogP contribution in [0.5, 0.6) is 0 Å². The number of carbonyl (C=O) groups is 2. The lowest BCUT2D eigenvalue weighted by Gasteiger charge is -2.21. The van der Waals surface area contributed by atoms with Gasteiger partial charge in [0, 0.05) is 12.0 Å². The minimum atomic E-state index is -0.837. The van der Waals surface area contributed by atoms with Gasteiger partial charge in [-0.1, -0.05) is 0 Å². The average molecular weight is 198 g/mol. The fourth-order valence-electron chi connectivity index (χ4n) is 2.08. The molecule has 14 heavy (non-hydrogen) atoms. The fraction of sp³-hybridized carbons (Fsp3) is 0.778. The van der Waals surface area contributed by atoms with E-state index < -0.39 is 18.1 Å². The highest BCUT2D eigenvalue weighted by Crippen LogP contribution is 2.46. The van der Waals surface area contributed by atoms with Gasteiger partial charge < -0.3 is 15.7 Å². The van der Waals surface area contributed by atoms with Crippen molar-refractivity contribution in [3.05, 3.63) is 0 Å². The molecule has 0 aromatic rings. The molecule has 1 saturated carbocycles. The lowest BCUT2D eigenvalue weighted by atomic mass is 9.96. The van der Waals surface area contributed by atoms with Gasteiger partial charge in [-0.2, -0.15) is 0 Å². The van der Waals surface area contributed by atoms with E-state index in [2.05, 4.69) is 10.6 Å². The van der Waals surface area contributed by atoms with Crippen LogP contribution in [0.15, 0.2) is 0 Å². The molecule has 1 unspecified atom stereocenters. The van der Waals surface area contributed by atoms with E-state index in [0.29, 0.717) is 6.42 Å². The molecule has 78 valence electrons. The van der Waals surface area contributed by atoms with Gasteiger partial charge >= 0.3 is 0 Å². The lowest BCUT2D eigenvalue weighted by Crippen LogP contribution is -2.52. The summed E-state index contributed by atoms with van der Waals surface area (Å²) >= 11 is 0. The third-order valence-corrected chi connectivity index (χ3v) is 2.98. The van der Waals surface area contributed by atoms with E-state index in [1.807, 2.05) is 0 Å². The van der Waals surface area contributed by atoms with Crippen LogP contribution in [0, 0.1) is 0 Å². The first-order chi connectivity index (χ1) is 6.50. The van der Waals surface area contributed by atoms with Gasteiger partial charge in [0.25, 0.3) is 0 Å². The van der Waals surface area contributed by atoms with Crippen LogP contribution in [-0.2, 0) is 9.59 Å². The summed E-state index contributed by atoms with van der Waals surface area (Å²) < 4.78 is 0. The Morgan fingerprint density at radius 1 is 1.64 bits per heavy atom. The second kappa shape index (κ2) is 2.70. The average Bonchev–Trinajstić information content (AvgIpc) is 2.78. The van der Waals surface area contributed by atoms with Crippen molar-refractivity contribution in [1.82, 2.24) is 10.6 Å². The number of amides is 2. The molecule has 1 aliphatic carbocycles. The quantitative estimate of drug-likeness (QED) is 0.527. The summed E-state index contributed by atoms with van der Waals surface area (Å²) in [5, 5.41) is 14.0. The molecule has 3 N–H and O–H groups in total. The van der Waals surface area contributed by atoms with Crippen LogP contribution in [0.4, 0.5) is 0 Å². The fourth-order valence-corrected chi connectivity index (χ4v) is 2.08. The van der Waals surface area contributed by atoms with Gasteiger partial charge in [-0.25, -0.2) is 0 Å². The van der Waals surface area contributed by atoms with Crippen molar-refractivity contribution >= 4 is 11.8 Å². The molecule has 2 amide bonds. The van der Waals surface area contributed by atoms with Gasteiger partial charge in [0.05, 0.1) is 0 Å². The van der Waals surface area contributed by atoms with Gasteiger partial charge in [0.2, 0.25) is 11.8 Å². The largest absolute Gasteiger partial charge is 0.387 e. The molecule has 5 heteroatoms. The maximum absolute atomic E-state index is 11.6. The molecule has 2 rings (SSSR count). The van der Waals surface area contributed by atoms with Crippen LogP contribution in [0.2, 0.25) is 0 Å². The van der Waals surface area contributed by atoms with Gasteiger partial charge in [-0.05, 0) is 19.8 Å². The highest BCUT2D eigenvalue weighted by molar-refractivity contribution is 5.94. The van der Waals surface area contributed by atoms with Gasteiger partial charge in [0.1, 0.15) is 12.1 Å². The van der Waals surface area contributed by atoms with E-state index in [-0.39, 0.29) is 11.4 Å². The first-order valence-electron chi connectivity index (χ1n) is 4.74. The zero-order chi connectivity index (χ0) is 10.4. The molecule has 0 radical (unpaired) electrons. The topological polar surface area (TPSA) is 78.4 Å². The van der Waals surface area contributed by atoms with Gasteiger partial charge in [0.15, 0.2) is 0 Å². The molecule has 0 aromatic heterocycles. The smallest absolute Gasteiger partial charge is 0.246 e. The molecule has 2 aliphatic rings. The normalized spacial score (nSPS) is 32.9. The number of hydrogen-bond donors (Lipinski definition) is 3. The Hall–Kier alpha value is -1.10. The van der Waals surface area contributed by atoms with Crippen LogP contribution in [-0.4, -0.2) is 34.6 Å². The Bertz CT molecular complexity index is 298. The minimum Gasteiger partial charge on any atom is -0.387 e. The van der Waals surface area contributed by atoms with Crippen molar-refractivity contribution in [3.63, 3.8) is 0 Å². The van der Waals surface area contributed by atoms with Crippen molar-refractivity contribution in [2.24, 2.45) is 0 Å². The van der Waals surface area contributed by atoms with Crippen LogP contribution >= 0.6 is 0 Å². The molecule has 1 atom stereocenters. The van der Waals surface area contributed by atoms with Crippen LogP contribution in [0.3, 0.4) is 0 Å². The van der Waals surface area contributed by atoms with E-state index >= 15 is 0 Å². The number of hydrogen-bond acceptors (Lipinski definition) is 3. The molecule has 1 spiro atoms. The minimum absolute atomic E-state index is 0.0609. The second-order valence-electron chi connectivity index (χ2n) is 4.45. The number of rotatable bonds is 2. The van der Waals surface area contributed by atoms with Crippen molar-refractivity contribution < 1.29 is 14.7 Å². The van der Waals surface area contributed by atoms with Crippen molar-refractivity contribution in [3.8, 4) is 0 Å². The highest BCUT2D eigenvalue weighted by atomic mass is 16.3. The third-order valence-electron chi connectivity index (χ3n) is 2.98. The summed E-state index contributed by atoms with van der Waals surface area (Å²) in [6, 6.07) is 0. The van der Waals surface area contributed by atoms with Gasteiger partial charge in [-0.15, -0.1) is 0 Å². The molecule has 5 nitrogen and oxygen atoms in total. The first kappa shape index (κ1) is 9.45. The summed E-state index contributed by atoms with van der Waals surface area (Å²) in [5.74, 6) is -0.642. The maximum Gasteiger partial charge on any atom is 0.246 e. The molecule has 0 bridgehead atoms. The predicted molar refractivity (Wildman–Crippen MR) is 48.4 cm³/mol. The van der Waals surface area contributed by atoms with E-state index in [0.717, 1.165) is 12.8 Å². The maximum atomic E-state index is 11.6. The molecular formula is C9H14N2O3. The molecule has 2 fully saturated rings. The molecule has 1 aliphatic heterocycles. The Labute approximate surface area is 81.9 Å². The van der Waals surface area contributed by atoms with E-state index in [1.54, 1.807) is 6.92 Å². The summed E-state index contributed by atoms with van der Waals surface area (Å²) in [6.07, 6.45) is 2.61. The number of nitrogens with one attached hydrogen (secondary N) is 2. The summed E-state index contributed by atoms with van der Waals surface area (Å²) in [4.78, 5) is 22.6. The van der Waals surface area contributed by atoms with Crippen LogP contribution in [0.1, 0.15) is 26.2 Å². The monoisotopic (exact) mass is 198 g/mol. The number of aliphatic hydroxyl groups is 1. The summed E-state index contributed by atoms with van der Waals surface area (Å²) in [6.45, 7) is 1.12. The molecule has 1 saturated heterocycles. The molecule has 0 aromatic carbocycles. The van der Waals surface area contributed by atoms with Crippen molar-refractivity contribution in [2.45, 2.75) is 37.3 Å². The SMILES string of the molecule is CC1(NC(=O)CO)CC2(CC2)NC1=O. The zero-order valence-electron chi connectivity index (χ0n) is 8.09. The second-order valence-corrected chi connectivity index (χ2v) is 4.45. The lowest BCUT2D eigenvalue weighted by molar-refractivity contribution is -0.132. The zero-order valence-corrected chi connectivity index (χ0v) is 8.09. The predicted octanol–water partition coefficient (Wildman–Crippen LogP) is -1.09. The Morgan fingerprint density at radius 3 is 2.71 bits per heavy atom. The Balaban J connectivity index is 2.08. The van der Waals surface area contributed by atoms with Crippen LogP contribution in [0.25, 0.3) is 0 Å². The molecule has 1 heterocycles. The van der Waals surface area contributed by atoms with Gasteiger partial charge in [-0.3, -0.25) is 9.59 Å². The number of aliphatic hydroxyl groups excluding tert-OH is 1. The Morgan fingerprint density at radius 2 is 2.29 bits per heavy atom.